The highest BCUT2D eigenvalue weighted by Crippen LogP contribution is 2.36. The summed E-state index contributed by atoms with van der Waals surface area (Å²) < 4.78 is 49.2. The van der Waals surface area contributed by atoms with Gasteiger partial charge in [-0.1, -0.05) is 19.6 Å². The quantitative estimate of drug-likeness (QED) is 0.171. The van der Waals surface area contributed by atoms with Crippen LogP contribution in [0.25, 0.3) is 22.6 Å². The molecule has 5 rings (SSSR count). The van der Waals surface area contributed by atoms with Gasteiger partial charge in [0.15, 0.2) is 0 Å². The van der Waals surface area contributed by atoms with Crippen LogP contribution in [0, 0.1) is 6.92 Å². The summed E-state index contributed by atoms with van der Waals surface area (Å²) in [6, 6.07) is 9.28. The van der Waals surface area contributed by atoms with E-state index >= 15 is 0 Å². The number of aromatic nitrogens is 5. The van der Waals surface area contributed by atoms with Crippen molar-refractivity contribution in [3.63, 3.8) is 0 Å². The van der Waals surface area contributed by atoms with Crippen molar-refractivity contribution in [1.82, 2.24) is 24.3 Å². The minimum atomic E-state index is -4.45. The molecule has 4 heterocycles. The van der Waals surface area contributed by atoms with Gasteiger partial charge in [-0.05, 0) is 56.3 Å². The zero-order chi connectivity index (χ0) is 29.5. The number of halogens is 3. The van der Waals surface area contributed by atoms with Crippen LogP contribution in [0.2, 0.25) is 25.7 Å². The molecular weight excluding hydrogens is 549 g/mol. The van der Waals surface area contributed by atoms with E-state index in [4.69, 9.17) is 9.72 Å². The van der Waals surface area contributed by atoms with Crippen molar-refractivity contribution in [2.75, 3.05) is 18.1 Å². The highest BCUT2D eigenvalue weighted by molar-refractivity contribution is 6.76. The monoisotopic (exact) mass is 582 g/mol. The van der Waals surface area contributed by atoms with E-state index in [1.165, 1.54) is 17.0 Å². The lowest BCUT2D eigenvalue weighted by Crippen LogP contribution is -2.42. The predicted molar refractivity (Wildman–Crippen MR) is 153 cm³/mol. The minimum absolute atomic E-state index is 0.203. The molecule has 0 saturated heterocycles. The number of carbonyl (C=O) groups is 1. The Morgan fingerprint density at radius 1 is 1.07 bits per heavy atom. The van der Waals surface area contributed by atoms with Gasteiger partial charge in [0.05, 0.1) is 35.3 Å². The molecule has 216 valence electrons. The molecule has 0 unspecified atom stereocenters. The maximum Gasteiger partial charge on any atom is 0.416 e. The largest absolute Gasteiger partial charge is 0.416 e. The molecule has 4 aromatic rings. The number of rotatable bonds is 8. The summed E-state index contributed by atoms with van der Waals surface area (Å²) >= 11 is 0. The molecule has 0 radical (unpaired) electrons. The van der Waals surface area contributed by atoms with E-state index in [0.29, 0.717) is 35.1 Å². The van der Waals surface area contributed by atoms with Crippen molar-refractivity contribution in [2.45, 2.75) is 58.5 Å². The van der Waals surface area contributed by atoms with Gasteiger partial charge in [0.25, 0.3) is 5.91 Å². The lowest BCUT2D eigenvalue weighted by molar-refractivity contribution is -0.137. The van der Waals surface area contributed by atoms with Crippen molar-refractivity contribution in [2.24, 2.45) is 0 Å². The number of nitrogens with zero attached hydrogens (tertiary/aromatic N) is 6. The maximum atomic E-state index is 13.9. The van der Waals surface area contributed by atoms with Crippen LogP contribution in [0.5, 0.6) is 0 Å². The molecule has 12 heteroatoms. The number of benzene rings is 1. The van der Waals surface area contributed by atoms with Crippen molar-refractivity contribution in [3.8, 4) is 22.6 Å². The summed E-state index contributed by atoms with van der Waals surface area (Å²) in [6.45, 7) is 11.8. The van der Waals surface area contributed by atoms with Gasteiger partial charge in [-0.15, -0.1) is 0 Å². The van der Waals surface area contributed by atoms with Gasteiger partial charge in [-0.25, -0.2) is 4.98 Å². The lowest BCUT2D eigenvalue weighted by Gasteiger charge is -2.32. The average Bonchev–Trinajstić information content (AvgIpc) is 3.53. The topological polar surface area (TPSA) is 78.1 Å². The van der Waals surface area contributed by atoms with E-state index < -0.39 is 19.8 Å². The summed E-state index contributed by atoms with van der Waals surface area (Å²) in [5.74, 6) is 0.332. The Hall–Kier alpha value is -3.77. The second kappa shape index (κ2) is 10.9. The Labute approximate surface area is 237 Å². The highest BCUT2D eigenvalue weighted by atomic mass is 28.3. The number of alkyl halides is 3. The van der Waals surface area contributed by atoms with E-state index in [0.717, 1.165) is 29.4 Å². The van der Waals surface area contributed by atoms with Crippen LogP contribution in [0.15, 0.2) is 55.0 Å². The molecule has 0 saturated carbocycles. The average molecular weight is 583 g/mol. The fourth-order valence-electron chi connectivity index (χ4n) is 4.87. The van der Waals surface area contributed by atoms with Gasteiger partial charge in [0, 0.05) is 44.4 Å². The Bertz CT molecular complexity index is 1560. The first-order valence-corrected chi connectivity index (χ1v) is 17.2. The van der Waals surface area contributed by atoms with Crippen LogP contribution in [-0.2, 0) is 17.6 Å². The molecule has 1 aliphatic rings. The molecule has 1 atom stereocenters. The molecule has 1 aromatic carbocycles. The fourth-order valence-corrected chi connectivity index (χ4v) is 5.63. The van der Waals surface area contributed by atoms with Gasteiger partial charge >= 0.3 is 6.18 Å². The van der Waals surface area contributed by atoms with Gasteiger partial charge in [-0.2, -0.15) is 18.3 Å². The molecule has 0 bridgehead atoms. The van der Waals surface area contributed by atoms with E-state index in [1.807, 2.05) is 30.5 Å². The number of imidazole rings is 1. The molecule has 1 aliphatic heterocycles. The molecule has 0 spiro atoms. The number of ether oxygens (including phenoxy) is 1. The summed E-state index contributed by atoms with van der Waals surface area (Å²) in [5.41, 5.74) is 2.94. The Kier molecular flexibility index (Phi) is 7.64. The first-order chi connectivity index (χ1) is 19.3. The summed E-state index contributed by atoms with van der Waals surface area (Å²) in [5, 5.41) is 4.54. The molecule has 1 amide bonds. The van der Waals surface area contributed by atoms with E-state index in [-0.39, 0.29) is 25.2 Å². The Morgan fingerprint density at radius 3 is 2.46 bits per heavy atom. The van der Waals surface area contributed by atoms with Crippen molar-refractivity contribution < 1.29 is 22.7 Å². The van der Waals surface area contributed by atoms with Crippen molar-refractivity contribution >= 4 is 19.7 Å². The summed E-state index contributed by atoms with van der Waals surface area (Å²) in [4.78, 5) is 24.4. The number of carbonyl (C=O) groups excluding carboxylic acids is 1. The van der Waals surface area contributed by atoms with Gasteiger partial charge in [0.2, 0.25) is 0 Å². The lowest BCUT2D eigenvalue weighted by atomic mass is 10.1. The maximum absolute atomic E-state index is 13.9. The Balaban J connectivity index is 1.53. The van der Waals surface area contributed by atoms with Crippen molar-refractivity contribution in [1.29, 1.82) is 0 Å². The third-order valence-electron chi connectivity index (χ3n) is 7.12. The third-order valence-corrected chi connectivity index (χ3v) is 8.82. The third kappa shape index (κ3) is 5.98. The second-order valence-electron chi connectivity index (χ2n) is 11.6. The van der Waals surface area contributed by atoms with E-state index in [1.54, 1.807) is 23.3 Å². The van der Waals surface area contributed by atoms with Crippen LogP contribution < -0.4 is 4.90 Å². The highest BCUT2D eigenvalue weighted by Gasteiger charge is 2.36. The number of pyridine rings is 1. The minimum Gasteiger partial charge on any atom is -0.361 e. The predicted octanol–water partition coefficient (Wildman–Crippen LogP) is 6.67. The van der Waals surface area contributed by atoms with Crippen LogP contribution in [0.3, 0.4) is 0 Å². The molecular formula is C29H33F3N6O2Si. The molecule has 0 N–H and O–H groups in total. The number of aryl methyl sites for hydroxylation is 1. The van der Waals surface area contributed by atoms with E-state index in [9.17, 15) is 18.0 Å². The number of anilines is 1. The van der Waals surface area contributed by atoms with Crippen LogP contribution >= 0.6 is 0 Å². The van der Waals surface area contributed by atoms with Gasteiger partial charge in [-0.3, -0.25) is 19.0 Å². The first-order valence-electron chi connectivity index (χ1n) is 13.5. The summed E-state index contributed by atoms with van der Waals surface area (Å²) in [7, 11) is -1.31. The van der Waals surface area contributed by atoms with Gasteiger partial charge < -0.3 is 9.64 Å². The van der Waals surface area contributed by atoms with Crippen LogP contribution in [0.4, 0.5) is 18.9 Å². The van der Waals surface area contributed by atoms with Crippen molar-refractivity contribution in [3.05, 3.63) is 71.9 Å². The normalized spacial score (nSPS) is 15.9. The second-order valence-corrected chi connectivity index (χ2v) is 17.2. The first kappa shape index (κ1) is 28.7. The SMILES string of the molecule is Cc1cc(-c2ncc(-c3cnn4c3C(=O)N(c3ccc(C(F)(F)F)cc3)C[C@@H]4C)n2COCC[Si](C)(C)C)ccn1. The van der Waals surface area contributed by atoms with Crippen LogP contribution in [0.1, 0.15) is 34.7 Å². The molecule has 3 aromatic heterocycles. The van der Waals surface area contributed by atoms with E-state index in [2.05, 4.69) is 29.7 Å². The summed E-state index contributed by atoms with van der Waals surface area (Å²) in [6.07, 6.45) is 0.630. The number of amides is 1. The smallest absolute Gasteiger partial charge is 0.361 e. The number of hydrogen-bond donors (Lipinski definition) is 0. The Morgan fingerprint density at radius 2 is 1.80 bits per heavy atom. The molecule has 0 aliphatic carbocycles. The number of fused-ring (bicyclic) bond motifs is 1. The standard InChI is InChI=1S/C29H33F3N6O2Si/c1-19-14-21(10-11-33-19)27-34-16-25(37(27)18-40-12-13-41(3,4)5)24-15-35-38-20(2)17-36(28(39)26(24)38)23-8-6-22(7-9-23)29(30,31)32/h6-11,14-16,20H,12-13,17-18H2,1-5H3/t20-/m0/s1. The van der Waals surface area contributed by atoms with Gasteiger partial charge in [0.1, 0.15) is 18.2 Å². The zero-order valence-corrected chi connectivity index (χ0v) is 24.7. The zero-order valence-electron chi connectivity index (χ0n) is 23.7. The molecule has 41 heavy (non-hydrogen) atoms. The molecule has 8 nitrogen and oxygen atoms in total. The molecule has 0 fully saturated rings. The fraction of sp³-hybridized carbons (Fsp3) is 0.379. The number of hydrogen-bond acceptors (Lipinski definition) is 5. The van der Waals surface area contributed by atoms with Crippen LogP contribution in [-0.4, -0.2) is 51.4 Å².